The van der Waals surface area contributed by atoms with Crippen LogP contribution >= 0.6 is 0 Å². The van der Waals surface area contributed by atoms with Crippen LogP contribution in [0.2, 0.25) is 0 Å². The lowest BCUT2D eigenvalue weighted by Crippen LogP contribution is -2.27. The summed E-state index contributed by atoms with van der Waals surface area (Å²) in [7, 11) is 1.85. The summed E-state index contributed by atoms with van der Waals surface area (Å²) in [6, 6.07) is 1.94. The Balaban J connectivity index is 3.15. The Morgan fingerprint density at radius 3 is 2.67 bits per heavy atom. The van der Waals surface area contributed by atoms with Crippen LogP contribution in [0.25, 0.3) is 6.08 Å². The maximum Gasteiger partial charge on any atom is 0.253 e. The van der Waals surface area contributed by atoms with E-state index >= 15 is 0 Å². The van der Waals surface area contributed by atoms with Crippen LogP contribution in [0.1, 0.15) is 11.5 Å². The largest absolute Gasteiger partial charge is 0.253 e. The van der Waals surface area contributed by atoms with E-state index in [-0.39, 0.29) is 0 Å². The van der Waals surface area contributed by atoms with Gasteiger partial charge in [-0.15, -0.1) is 0 Å². The normalized spacial score (nSPS) is 9.56. The van der Waals surface area contributed by atoms with Crippen molar-refractivity contribution in [3.8, 4) is 0 Å². The predicted molar refractivity (Wildman–Crippen MR) is 34.7 cm³/mol. The van der Waals surface area contributed by atoms with E-state index in [1.165, 1.54) is 0 Å². The summed E-state index contributed by atoms with van der Waals surface area (Å²) >= 11 is 0. The summed E-state index contributed by atoms with van der Waals surface area (Å²) in [5, 5.41) is 0. The number of rotatable bonds is 1. The molecular formula is C7H10NO+. The molecule has 0 bridgehead atoms. The molecule has 0 saturated heterocycles. The van der Waals surface area contributed by atoms with Gasteiger partial charge in [-0.1, -0.05) is 6.58 Å². The SMILES string of the molecule is C=Cc1cc(C)o[n+]1C. The first-order valence-corrected chi connectivity index (χ1v) is 2.83. The van der Waals surface area contributed by atoms with Crippen molar-refractivity contribution in [2.24, 2.45) is 7.05 Å². The molecule has 0 N–H and O–H groups in total. The summed E-state index contributed by atoms with van der Waals surface area (Å²) < 4.78 is 6.83. The second-order valence-corrected chi connectivity index (χ2v) is 1.97. The highest BCUT2D eigenvalue weighted by atomic mass is 16.5. The first kappa shape index (κ1) is 6.08. The van der Waals surface area contributed by atoms with Gasteiger partial charge in [-0.2, -0.15) is 0 Å². The average Bonchev–Trinajstić information content (AvgIpc) is 2.10. The Morgan fingerprint density at radius 1 is 1.78 bits per heavy atom. The summed E-state index contributed by atoms with van der Waals surface area (Å²) in [6.07, 6.45) is 1.76. The first-order chi connectivity index (χ1) is 4.24. The molecule has 0 aromatic carbocycles. The van der Waals surface area contributed by atoms with Crippen LogP contribution in [0, 0.1) is 6.92 Å². The molecule has 0 aliphatic rings. The van der Waals surface area contributed by atoms with Crippen LogP contribution in [0.3, 0.4) is 0 Å². The molecule has 0 radical (unpaired) electrons. The highest BCUT2D eigenvalue weighted by molar-refractivity contribution is 5.37. The van der Waals surface area contributed by atoms with E-state index in [4.69, 9.17) is 4.52 Å². The highest BCUT2D eigenvalue weighted by Crippen LogP contribution is 1.98. The van der Waals surface area contributed by atoms with Gasteiger partial charge in [-0.3, -0.25) is 0 Å². The Labute approximate surface area is 54.4 Å². The minimum absolute atomic E-state index is 0.910. The van der Waals surface area contributed by atoms with Gasteiger partial charge in [0.2, 0.25) is 0 Å². The summed E-state index contributed by atoms with van der Waals surface area (Å²) in [5.74, 6) is 0.910. The molecule has 1 heterocycles. The Hall–Kier alpha value is -1.05. The van der Waals surface area contributed by atoms with Gasteiger partial charge >= 0.3 is 0 Å². The monoisotopic (exact) mass is 124 g/mol. The van der Waals surface area contributed by atoms with Crippen LogP contribution in [-0.4, -0.2) is 0 Å². The molecule has 0 amide bonds. The Kier molecular flexibility index (Phi) is 1.39. The fourth-order valence-corrected chi connectivity index (χ4v) is 0.782. The fourth-order valence-electron chi connectivity index (χ4n) is 0.782. The molecule has 0 atom stereocenters. The van der Waals surface area contributed by atoms with Gasteiger partial charge < -0.3 is 0 Å². The van der Waals surface area contributed by atoms with Crippen LogP contribution in [0.5, 0.6) is 0 Å². The molecule has 2 nitrogen and oxygen atoms in total. The molecule has 1 aromatic heterocycles. The zero-order valence-electron chi connectivity index (χ0n) is 5.72. The second kappa shape index (κ2) is 2.05. The van der Waals surface area contributed by atoms with Gasteiger partial charge in [0.1, 0.15) is 0 Å². The predicted octanol–water partition coefficient (Wildman–Crippen LogP) is 1.06. The zero-order valence-corrected chi connectivity index (χ0v) is 5.72. The Bertz CT molecular complexity index is 225. The average molecular weight is 124 g/mol. The number of nitrogens with zero attached hydrogens (tertiary/aromatic N) is 1. The van der Waals surface area contributed by atoms with E-state index in [2.05, 4.69) is 6.58 Å². The number of aromatic nitrogens is 1. The van der Waals surface area contributed by atoms with E-state index in [9.17, 15) is 0 Å². The highest BCUT2D eigenvalue weighted by Gasteiger charge is 2.06. The number of hydrogen-bond donors (Lipinski definition) is 0. The summed E-state index contributed by atoms with van der Waals surface area (Å²) in [4.78, 5) is 0. The molecule has 9 heavy (non-hydrogen) atoms. The fraction of sp³-hybridized carbons (Fsp3) is 0.286. The second-order valence-electron chi connectivity index (χ2n) is 1.97. The summed E-state index contributed by atoms with van der Waals surface area (Å²) in [6.45, 7) is 5.53. The third-order valence-electron chi connectivity index (χ3n) is 1.20. The third kappa shape index (κ3) is 1.02. The molecule has 0 aliphatic heterocycles. The molecule has 0 unspecified atom stereocenters. The van der Waals surface area contributed by atoms with Crippen molar-refractivity contribution in [2.75, 3.05) is 0 Å². The van der Waals surface area contributed by atoms with Gasteiger partial charge in [-0.05, 0) is 4.74 Å². The van der Waals surface area contributed by atoms with Gasteiger partial charge in [0.25, 0.3) is 5.69 Å². The molecule has 1 aromatic rings. The van der Waals surface area contributed by atoms with Crippen molar-refractivity contribution in [3.05, 3.63) is 24.1 Å². The van der Waals surface area contributed by atoms with Crippen molar-refractivity contribution in [2.45, 2.75) is 6.92 Å². The number of hydrogen-bond acceptors (Lipinski definition) is 1. The Morgan fingerprint density at radius 2 is 2.44 bits per heavy atom. The van der Waals surface area contributed by atoms with Gasteiger partial charge in [0.05, 0.1) is 6.07 Å². The molecule has 0 fully saturated rings. The van der Waals surface area contributed by atoms with Crippen molar-refractivity contribution in [3.63, 3.8) is 0 Å². The van der Waals surface area contributed by atoms with Gasteiger partial charge in [0.15, 0.2) is 12.8 Å². The van der Waals surface area contributed by atoms with Crippen LogP contribution in [0.4, 0.5) is 0 Å². The third-order valence-corrected chi connectivity index (χ3v) is 1.20. The maximum absolute atomic E-state index is 5.15. The molecule has 0 aliphatic carbocycles. The zero-order chi connectivity index (χ0) is 6.85. The van der Waals surface area contributed by atoms with E-state index in [1.807, 2.05) is 20.0 Å². The van der Waals surface area contributed by atoms with E-state index in [0.717, 1.165) is 11.5 Å². The van der Waals surface area contributed by atoms with E-state index < -0.39 is 0 Å². The minimum Gasteiger partial charge on any atom is -0.241 e. The van der Waals surface area contributed by atoms with Gasteiger partial charge in [0, 0.05) is 13.0 Å². The first-order valence-electron chi connectivity index (χ1n) is 2.83. The lowest BCUT2D eigenvalue weighted by molar-refractivity contribution is -0.847. The van der Waals surface area contributed by atoms with Crippen LogP contribution < -0.4 is 4.74 Å². The topological polar surface area (TPSA) is 17.0 Å². The van der Waals surface area contributed by atoms with Gasteiger partial charge in [-0.25, -0.2) is 4.52 Å². The molecule has 2 heteroatoms. The molecule has 0 saturated carbocycles. The smallest absolute Gasteiger partial charge is 0.241 e. The quantitative estimate of drug-likeness (QED) is 0.511. The summed E-state index contributed by atoms with van der Waals surface area (Å²) in [5.41, 5.74) is 1.01. The van der Waals surface area contributed by atoms with Crippen molar-refractivity contribution in [1.29, 1.82) is 0 Å². The molecule has 0 spiro atoms. The van der Waals surface area contributed by atoms with Crippen LogP contribution in [-0.2, 0) is 7.05 Å². The van der Waals surface area contributed by atoms with Crippen molar-refractivity contribution in [1.82, 2.24) is 0 Å². The lowest BCUT2D eigenvalue weighted by Gasteiger charge is -1.74. The van der Waals surface area contributed by atoms with E-state index in [1.54, 1.807) is 10.8 Å². The standard InChI is InChI=1S/C7H10NO/c1-4-7-5-6(2)9-8(7)3/h4-5H,1H2,2-3H3/q+1. The molecule has 48 valence electrons. The van der Waals surface area contributed by atoms with Crippen molar-refractivity contribution < 1.29 is 9.26 Å². The van der Waals surface area contributed by atoms with Crippen molar-refractivity contribution >= 4 is 6.08 Å². The maximum atomic E-state index is 5.15. The number of aryl methyl sites for hydroxylation is 2. The molecular weight excluding hydrogens is 114 g/mol. The lowest BCUT2D eigenvalue weighted by atomic mass is 10.4. The van der Waals surface area contributed by atoms with E-state index in [0.29, 0.717) is 0 Å². The minimum atomic E-state index is 0.910. The van der Waals surface area contributed by atoms with Crippen LogP contribution in [0.15, 0.2) is 17.2 Å². The molecule has 1 rings (SSSR count).